The smallest absolute Gasteiger partial charge is 0.316 e. The van der Waals surface area contributed by atoms with Crippen molar-refractivity contribution in [1.82, 2.24) is 0 Å². The first-order valence-corrected chi connectivity index (χ1v) is 4.51. The van der Waals surface area contributed by atoms with Gasteiger partial charge in [0.15, 0.2) is 0 Å². The van der Waals surface area contributed by atoms with Gasteiger partial charge in [-0.1, -0.05) is 0 Å². The van der Waals surface area contributed by atoms with E-state index in [1.807, 2.05) is 0 Å². The predicted octanol–water partition coefficient (Wildman–Crippen LogP) is -1.38. The van der Waals surface area contributed by atoms with Crippen molar-refractivity contribution in [3.63, 3.8) is 0 Å². The van der Waals surface area contributed by atoms with Crippen LogP contribution in [-0.2, 0) is 25.6 Å². The van der Waals surface area contributed by atoms with Crippen molar-refractivity contribution in [1.29, 1.82) is 0 Å². The molecule has 68 valence electrons. The molecule has 5 N–H and O–H groups in total. The van der Waals surface area contributed by atoms with Gasteiger partial charge < -0.3 is 11.5 Å². The maximum absolute atomic E-state index is 9.05. The Morgan fingerprint density at radius 3 is 1.40 bits per heavy atom. The second-order valence-corrected chi connectivity index (χ2v) is 3.31. The molecule has 0 saturated heterocycles. The third kappa shape index (κ3) is 182. The van der Waals surface area contributed by atoms with Crippen molar-refractivity contribution in [2.24, 2.45) is 11.5 Å². The van der Waals surface area contributed by atoms with Crippen LogP contribution in [0.25, 0.3) is 0 Å². The van der Waals surface area contributed by atoms with E-state index in [-0.39, 0.29) is 16.5 Å². The fourth-order valence-electron chi connectivity index (χ4n) is 0. The maximum atomic E-state index is 9.05. The third-order valence-corrected chi connectivity index (χ3v) is 0.167. The molecule has 8 heteroatoms. The summed E-state index contributed by atoms with van der Waals surface area (Å²) in [6, 6.07) is 0. The molecule has 10 heavy (non-hydrogen) atoms. The van der Waals surface area contributed by atoms with E-state index in [0.29, 0.717) is 13.1 Å². The molecule has 0 aromatic rings. The molecular weight excluding hydrogens is 223 g/mol. The van der Waals surface area contributed by atoms with E-state index in [1.165, 1.54) is 0 Å². The van der Waals surface area contributed by atoms with Crippen molar-refractivity contribution in [3.8, 4) is 0 Å². The van der Waals surface area contributed by atoms with E-state index < -0.39 is 9.15 Å². The van der Waals surface area contributed by atoms with E-state index in [9.17, 15) is 0 Å². The first kappa shape index (κ1) is 17.0. The van der Waals surface area contributed by atoms with Crippen molar-refractivity contribution < 1.29 is 29.5 Å². The zero-order valence-electron chi connectivity index (χ0n) is 5.00. The van der Waals surface area contributed by atoms with Crippen LogP contribution in [0.2, 0.25) is 0 Å². The Balaban J connectivity index is -0.0000000910. The number of nitrogens with two attached hydrogens (primary N) is 2. The van der Waals surface area contributed by atoms with Gasteiger partial charge in [-0.15, -0.1) is 0 Å². The summed E-state index contributed by atoms with van der Waals surface area (Å²) in [6.07, 6.45) is 0. The van der Waals surface area contributed by atoms with Crippen LogP contribution in [0.5, 0.6) is 0 Å². The molecule has 0 aromatic carbocycles. The number of hydrogen-bond acceptors (Lipinski definition) is 4. The number of thiol groups is 1. The van der Waals surface area contributed by atoms with Crippen LogP contribution in [0.1, 0.15) is 0 Å². The summed E-state index contributed by atoms with van der Waals surface area (Å²) < 4.78 is 25.5. The van der Waals surface area contributed by atoms with Gasteiger partial charge in [-0.3, -0.25) is 4.55 Å². The first-order chi connectivity index (χ1) is 3.91. The summed E-state index contributed by atoms with van der Waals surface area (Å²) in [6.45, 7) is 1.19. The summed E-state index contributed by atoms with van der Waals surface area (Å²) in [4.78, 5) is 0. The molecule has 0 radical (unpaired) electrons. The van der Waals surface area contributed by atoms with Crippen molar-refractivity contribution in [2.75, 3.05) is 13.1 Å². The van der Waals surface area contributed by atoms with Gasteiger partial charge >= 0.3 is 9.15 Å². The van der Waals surface area contributed by atoms with E-state index in [1.54, 1.807) is 0 Å². The summed E-state index contributed by atoms with van der Waals surface area (Å²) in [5, 5.41) is 0. The minimum Gasteiger partial charge on any atom is -0.329 e. The normalized spacial score (nSPS) is 8.80. The Labute approximate surface area is 75.0 Å². The van der Waals surface area contributed by atoms with Crippen molar-refractivity contribution in [2.45, 2.75) is 0 Å². The summed E-state index contributed by atoms with van der Waals surface area (Å²) >= 11 is 2.65. The first-order valence-electron chi connectivity index (χ1n) is 2.01. The molecule has 0 unspecified atom stereocenters. The molecule has 0 fully saturated rings. The Morgan fingerprint density at radius 1 is 1.30 bits per heavy atom. The fraction of sp³-hybridized carbons (Fsp3) is 1.00. The van der Waals surface area contributed by atoms with E-state index >= 15 is 0 Å². The van der Waals surface area contributed by atoms with Gasteiger partial charge in [0.05, 0.1) is 0 Å². The van der Waals surface area contributed by atoms with Crippen LogP contribution in [0.15, 0.2) is 0 Å². The van der Waals surface area contributed by atoms with Crippen LogP contribution in [0.3, 0.4) is 0 Å². The van der Waals surface area contributed by atoms with E-state index in [4.69, 9.17) is 24.4 Å². The second kappa shape index (κ2) is 9.67. The van der Waals surface area contributed by atoms with E-state index in [2.05, 4.69) is 11.7 Å². The van der Waals surface area contributed by atoms with Crippen LogP contribution in [0.4, 0.5) is 0 Å². The fourth-order valence-corrected chi connectivity index (χ4v) is 0. The van der Waals surface area contributed by atoms with Gasteiger partial charge in [-0.05, 0) is 11.7 Å². The Kier molecular flexibility index (Phi) is 16.4. The van der Waals surface area contributed by atoms with Crippen LogP contribution in [-0.4, -0.2) is 26.1 Å². The molecule has 0 amide bonds. The molecule has 0 heterocycles. The molecule has 0 aromatic heterocycles. The minimum absolute atomic E-state index is 0. The minimum atomic E-state index is -3.97. The van der Waals surface area contributed by atoms with Gasteiger partial charge in [0.2, 0.25) is 0 Å². The van der Waals surface area contributed by atoms with Gasteiger partial charge in [0.1, 0.15) is 0 Å². The SMILES string of the molecule is NCCN.O=S(=O)(O)S.[Ni]. The second-order valence-electron chi connectivity index (χ2n) is 1.03. The third-order valence-electron chi connectivity index (χ3n) is 0.167. The standard InChI is InChI=1S/C2H8N2.Ni.H2O3S2/c3-1-2-4;;1-5(2,3)4/h1-4H2;;(H2,1,2,3,4). The monoisotopic (exact) mass is 232 g/mol. The molecule has 0 bridgehead atoms. The summed E-state index contributed by atoms with van der Waals surface area (Å²) in [5.74, 6) is 0. The van der Waals surface area contributed by atoms with Gasteiger partial charge in [-0.25, -0.2) is 0 Å². The molecule has 0 spiro atoms. The maximum Gasteiger partial charge on any atom is 0.316 e. The predicted molar refractivity (Wildman–Crippen MR) is 38.6 cm³/mol. The average Bonchev–Trinajstić information content (AvgIpc) is 1.61. The Bertz CT molecular complexity index is 125. The molecule has 0 aliphatic heterocycles. The Morgan fingerprint density at radius 2 is 1.40 bits per heavy atom. The molecule has 0 atom stereocenters. The van der Waals surface area contributed by atoms with Gasteiger partial charge in [0, 0.05) is 29.6 Å². The van der Waals surface area contributed by atoms with Crippen LogP contribution < -0.4 is 11.5 Å². The molecule has 0 saturated carbocycles. The van der Waals surface area contributed by atoms with Gasteiger partial charge in [-0.2, -0.15) is 8.42 Å². The summed E-state index contributed by atoms with van der Waals surface area (Å²) in [7, 11) is -3.97. The zero-order valence-corrected chi connectivity index (χ0v) is 7.70. The van der Waals surface area contributed by atoms with Crippen LogP contribution in [0, 0.1) is 0 Å². The molecule has 0 aliphatic rings. The molecular formula is C2H10N2NiO3S2. The summed E-state index contributed by atoms with van der Waals surface area (Å²) in [5.41, 5.74) is 9.81. The Hall–Kier alpha value is 0.674. The van der Waals surface area contributed by atoms with E-state index in [0.717, 1.165) is 0 Å². The topological polar surface area (TPSA) is 106 Å². The number of rotatable bonds is 1. The van der Waals surface area contributed by atoms with Crippen molar-refractivity contribution >= 4 is 20.8 Å². The quantitative estimate of drug-likeness (QED) is 0.193. The largest absolute Gasteiger partial charge is 0.329 e. The van der Waals surface area contributed by atoms with Crippen LogP contribution >= 0.6 is 11.7 Å². The molecule has 0 aliphatic carbocycles. The average molecular weight is 233 g/mol. The van der Waals surface area contributed by atoms with Gasteiger partial charge in [0.25, 0.3) is 0 Å². The molecule has 0 rings (SSSR count). The zero-order chi connectivity index (χ0) is 7.91. The molecule has 5 nitrogen and oxygen atoms in total. The number of hydrogen-bond donors (Lipinski definition) is 4. The van der Waals surface area contributed by atoms with Crippen molar-refractivity contribution in [3.05, 3.63) is 0 Å².